The Morgan fingerprint density at radius 3 is 2.37 bits per heavy atom. The molecule has 6 nitrogen and oxygen atoms in total. The largest absolute Gasteiger partial charge is 0.366 e. The van der Waals surface area contributed by atoms with Gasteiger partial charge in [-0.15, -0.1) is 0 Å². The summed E-state index contributed by atoms with van der Waals surface area (Å²) < 4.78 is 2.06. The first-order valence-corrected chi connectivity index (χ1v) is 8.76. The minimum Gasteiger partial charge on any atom is -0.366 e. The number of nitrogens with zero attached hydrogens (tertiary/aromatic N) is 2. The van der Waals surface area contributed by atoms with Gasteiger partial charge < -0.3 is 10.3 Å². The van der Waals surface area contributed by atoms with E-state index in [1.807, 2.05) is 25.1 Å². The van der Waals surface area contributed by atoms with Crippen molar-refractivity contribution in [1.29, 1.82) is 0 Å². The van der Waals surface area contributed by atoms with Crippen LogP contribution < -0.4 is 5.73 Å². The lowest BCUT2D eigenvalue weighted by atomic mass is 10.1. The summed E-state index contributed by atoms with van der Waals surface area (Å²) in [4.78, 5) is 22.2. The smallest absolute Gasteiger partial charge is 0.269 e. The summed E-state index contributed by atoms with van der Waals surface area (Å²) in [5.41, 5.74) is 9.75. The molecule has 0 atom stereocenters. The van der Waals surface area contributed by atoms with Crippen molar-refractivity contribution < 1.29 is 9.72 Å². The molecule has 0 unspecified atom stereocenters. The molecule has 0 aliphatic rings. The first-order valence-electron chi connectivity index (χ1n) is 8.76. The van der Waals surface area contributed by atoms with Gasteiger partial charge in [-0.05, 0) is 49.1 Å². The Morgan fingerprint density at radius 1 is 1.11 bits per heavy atom. The van der Waals surface area contributed by atoms with E-state index in [1.165, 1.54) is 17.7 Å². The Hall–Kier alpha value is -3.41. The van der Waals surface area contributed by atoms with Gasteiger partial charge in [-0.3, -0.25) is 14.9 Å². The summed E-state index contributed by atoms with van der Waals surface area (Å²) in [5.74, 6) is -0.475. The minimum absolute atomic E-state index is 0.0350. The standard InChI is InChI=1S/C21H21N3O3/c1-15-19(21(22)25)14-20(17-9-11-18(12-10-17)24(26)27)23(15)13-5-8-16-6-3-2-4-7-16/h2-4,6-7,9-12,14H,5,8,13H2,1H3,(H2,22,25). The molecule has 6 heteroatoms. The number of aryl methyl sites for hydroxylation is 1. The Morgan fingerprint density at radius 2 is 1.78 bits per heavy atom. The quantitative estimate of drug-likeness (QED) is 0.506. The molecule has 1 aromatic heterocycles. The van der Waals surface area contributed by atoms with E-state index in [4.69, 9.17) is 5.73 Å². The Balaban J connectivity index is 1.89. The van der Waals surface area contributed by atoms with Gasteiger partial charge >= 0.3 is 0 Å². The number of carbonyl (C=O) groups is 1. The van der Waals surface area contributed by atoms with Crippen molar-refractivity contribution in [2.45, 2.75) is 26.3 Å². The van der Waals surface area contributed by atoms with Gasteiger partial charge in [0, 0.05) is 30.1 Å². The van der Waals surface area contributed by atoms with Crippen LogP contribution in [0, 0.1) is 17.0 Å². The minimum atomic E-state index is -0.475. The van der Waals surface area contributed by atoms with Crippen molar-refractivity contribution in [3.05, 3.63) is 87.6 Å². The van der Waals surface area contributed by atoms with Crippen LogP contribution in [0.2, 0.25) is 0 Å². The normalized spacial score (nSPS) is 10.7. The van der Waals surface area contributed by atoms with Crippen LogP contribution in [-0.2, 0) is 13.0 Å². The first kappa shape index (κ1) is 18.4. The number of non-ortho nitro benzene ring substituents is 1. The average molecular weight is 363 g/mol. The van der Waals surface area contributed by atoms with Gasteiger partial charge in [-0.25, -0.2) is 0 Å². The Labute approximate surface area is 157 Å². The van der Waals surface area contributed by atoms with Crippen LogP contribution in [0.15, 0.2) is 60.7 Å². The van der Waals surface area contributed by atoms with Crippen molar-refractivity contribution in [3.8, 4) is 11.3 Å². The predicted molar refractivity (Wildman–Crippen MR) is 105 cm³/mol. The van der Waals surface area contributed by atoms with E-state index in [0.717, 1.165) is 36.3 Å². The number of nitrogens with two attached hydrogens (primary N) is 1. The maximum atomic E-state index is 11.8. The van der Waals surface area contributed by atoms with Gasteiger partial charge in [0.2, 0.25) is 0 Å². The van der Waals surface area contributed by atoms with Gasteiger partial charge in [-0.1, -0.05) is 30.3 Å². The van der Waals surface area contributed by atoms with Gasteiger partial charge in [-0.2, -0.15) is 0 Å². The summed E-state index contributed by atoms with van der Waals surface area (Å²) in [6.07, 6.45) is 1.82. The van der Waals surface area contributed by atoms with Crippen molar-refractivity contribution in [2.24, 2.45) is 5.73 Å². The van der Waals surface area contributed by atoms with E-state index in [0.29, 0.717) is 5.56 Å². The molecular weight excluding hydrogens is 342 g/mol. The van der Waals surface area contributed by atoms with E-state index in [1.54, 1.807) is 18.2 Å². The number of hydrogen-bond donors (Lipinski definition) is 1. The van der Waals surface area contributed by atoms with Crippen LogP contribution in [0.25, 0.3) is 11.3 Å². The molecule has 0 radical (unpaired) electrons. The van der Waals surface area contributed by atoms with Crippen LogP contribution in [0.5, 0.6) is 0 Å². The number of primary amides is 1. The second-order valence-corrected chi connectivity index (χ2v) is 6.44. The summed E-state index contributed by atoms with van der Waals surface area (Å²) in [6.45, 7) is 2.60. The van der Waals surface area contributed by atoms with Crippen LogP contribution in [0.4, 0.5) is 5.69 Å². The molecule has 0 spiro atoms. The number of amides is 1. The Bertz CT molecular complexity index is 960. The van der Waals surface area contributed by atoms with Crippen LogP contribution in [0.3, 0.4) is 0 Å². The summed E-state index contributed by atoms with van der Waals surface area (Å²) in [5, 5.41) is 10.9. The third-order valence-electron chi connectivity index (χ3n) is 4.70. The molecule has 2 aromatic carbocycles. The maximum Gasteiger partial charge on any atom is 0.269 e. The van der Waals surface area contributed by atoms with E-state index in [2.05, 4.69) is 16.7 Å². The zero-order chi connectivity index (χ0) is 19.4. The number of nitro groups is 1. The van der Waals surface area contributed by atoms with Gasteiger partial charge in [0.05, 0.1) is 10.5 Å². The van der Waals surface area contributed by atoms with E-state index in [-0.39, 0.29) is 5.69 Å². The highest BCUT2D eigenvalue weighted by atomic mass is 16.6. The molecule has 3 aromatic rings. The number of carbonyl (C=O) groups excluding carboxylic acids is 1. The lowest BCUT2D eigenvalue weighted by Gasteiger charge is -2.12. The lowest BCUT2D eigenvalue weighted by Crippen LogP contribution is -2.12. The van der Waals surface area contributed by atoms with Gasteiger partial charge in [0.1, 0.15) is 0 Å². The van der Waals surface area contributed by atoms with Crippen LogP contribution >= 0.6 is 0 Å². The fraction of sp³-hybridized carbons (Fsp3) is 0.190. The molecule has 0 fully saturated rings. The number of nitro benzene ring substituents is 1. The summed E-state index contributed by atoms with van der Waals surface area (Å²) in [7, 11) is 0. The monoisotopic (exact) mass is 363 g/mol. The Kier molecular flexibility index (Phi) is 5.35. The zero-order valence-electron chi connectivity index (χ0n) is 15.1. The lowest BCUT2D eigenvalue weighted by molar-refractivity contribution is -0.384. The van der Waals surface area contributed by atoms with Crippen molar-refractivity contribution in [1.82, 2.24) is 4.57 Å². The molecule has 138 valence electrons. The van der Waals surface area contributed by atoms with Crippen molar-refractivity contribution in [3.63, 3.8) is 0 Å². The third kappa shape index (κ3) is 4.06. The number of benzene rings is 2. The molecule has 27 heavy (non-hydrogen) atoms. The molecule has 0 aliphatic carbocycles. The van der Waals surface area contributed by atoms with Gasteiger partial charge in [0.15, 0.2) is 0 Å². The van der Waals surface area contributed by atoms with E-state index >= 15 is 0 Å². The van der Waals surface area contributed by atoms with Gasteiger partial charge in [0.25, 0.3) is 11.6 Å². The van der Waals surface area contributed by atoms with Crippen LogP contribution in [0.1, 0.15) is 28.0 Å². The number of aromatic nitrogens is 1. The molecule has 0 bridgehead atoms. The van der Waals surface area contributed by atoms with Crippen molar-refractivity contribution in [2.75, 3.05) is 0 Å². The first-order chi connectivity index (χ1) is 13.0. The fourth-order valence-corrected chi connectivity index (χ4v) is 3.26. The molecule has 1 amide bonds. The summed E-state index contributed by atoms with van der Waals surface area (Å²) in [6, 6.07) is 18.3. The topological polar surface area (TPSA) is 91.2 Å². The second kappa shape index (κ2) is 7.86. The molecule has 2 N–H and O–H groups in total. The highest BCUT2D eigenvalue weighted by Crippen LogP contribution is 2.28. The maximum absolute atomic E-state index is 11.8. The molecule has 3 rings (SSSR count). The second-order valence-electron chi connectivity index (χ2n) is 6.44. The predicted octanol–water partition coefficient (Wildman–Crippen LogP) is 4.10. The number of hydrogen-bond acceptors (Lipinski definition) is 3. The highest BCUT2D eigenvalue weighted by Gasteiger charge is 2.17. The molecule has 1 heterocycles. The third-order valence-corrected chi connectivity index (χ3v) is 4.70. The SMILES string of the molecule is Cc1c(C(N)=O)cc(-c2ccc([N+](=O)[O-])cc2)n1CCCc1ccccc1. The number of rotatable bonds is 7. The molecule has 0 aliphatic heterocycles. The van der Waals surface area contributed by atoms with E-state index in [9.17, 15) is 14.9 Å². The molecular formula is C21H21N3O3. The molecule has 0 saturated carbocycles. The average Bonchev–Trinajstić information content (AvgIpc) is 2.99. The fourth-order valence-electron chi connectivity index (χ4n) is 3.26. The van der Waals surface area contributed by atoms with Crippen LogP contribution in [-0.4, -0.2) is 15.4 Å². The zero-order valence-corrected chi connectivity index (χ0v) is 15.1. The summed E-state index contributed by atoms with van der Waals surface area (Å²) >= 11 is 0. The highest BCUT2D eigenvalue weighted by molar-refractivity contribution is 5.95. The van der Waals surface area contributed by atoms with Crippen molar-refractivity contribution >= 4 is 11.6 Å². The van der Waals surface area contributed by atoms with E-state index < -0.39 is 10.8 Å². The molecule has 0 saturated heterocycles.